The maximum atomic E-state index is 12.6. The number of nitriles is 1. The van der Waals surface area contributed by atoms with Crippen molar-refractivity contribution >= 4 is 16.0 Å². The number of ether oxygens (including phenoxy) is 1. The second-order valence-electron chi connectivity index (χ2n) is 5.99. The summed E-state index contributed by atoms with van der Waals surface area (Å²) < 4.78 is 32.0. The molecule has 0 radical (unpaired) electrons. The van der Waals surface area contributed by atoms with Crippen molar-refractivity contribution < 1.29 is 17.9 Å². The quantitative estimate of drug-likeness (QED) is 0.610. The third kappa shape index (κ3) is 3.77. The van der Waals surface area contributed by atoms with Crippen LogP contribution >= 0.6 is 0 Å². The van der Waals surface area contributed by atoms with E-state index in [4.69, 9.17) is 10.00 Å². The van der Waals surface area contributed by atoms with Crippen molar-refractivity contribution in [1.82, 2.24) is 4.31 Å². The third-order valence-electron chi connectivity index (χ3n) is 4.25. The first-order valence-corrected chi connectivity index (χ1v) is 9.78. The van der Waals surface area contributed by atoms with Crippen LogP contribution in [0.3, 0.4) is 0 Å². The number of carbonyl (C=O) groups is 1. The van der Waals surface area contributed by atoms with Crippen LogP contribution in [0.5, 0.6) is 5.75 Å². The summed E-state index contributed by atoms with van der Waals surface area (Å²) in [6.45, 7) is 1.05. The van der Waals surface area contributed by atoms with Gasteiger partial charge < -0.3 is 4.74 Å². The zero-order valence-electron chi connectivity index (χ0n) is 14.1. The minimum absolute atomic E-state index is 0.161. The largest absolute Gasteiger partial charge is 0.422 e. The molecule has 2 aromatic carbocycles. The Kier molecular flexibility index (Phi) is 5.35. The zero-order valence-corrected chi connectivity index (χ0v) is 14.9. The molecule has 0 aromatic heterocycles. The van der Waals surface area contributed by atoms with Crippen molar-refractivity contribution in [2.24, 2.45) is 0 Å². The first-order valence-electron chi connectivity index (χ1n) is 8.34. The van der Waals surface area contributed by atoms with Gasteiger partial charge in [0.2, 0.25) is 10.0 Å². The maximum Gasteiger partial charge on any atom is 0.343 e. The molecule has 6 nitrogen and oxygen atoms in total. The third-order valence-corrected chi connectivity index (χ3v) is 6.17. The van der Waals surface area contributed by atoms with Gasteiger partial charge >= 0.3 is 5.97 Å². The van der Waals surface area contributed by atoms with E-state index in [1.54, 1.807) is 18.2 Å². The molecule has 2 aromatic rings. The summed E-state index contributed by atoms with van der Waals surface area (Å²) in [6.07, 6.45) is 2.77. The van der Waals surface area contributed by atoms with E-state index < -0.39 is 16.0 Å². The van der Waals surface area contributed by atoms with E-state index in [2.05, 4.69) is 0 Å². The van der Waals surface area contributed by atoms with Crippen LogP contribution < -0.4 is 4.74 Å². The highest BCUT2D eigenvalue weighted by atomic mass is 32.2. The van der Waals surface area contributed by atoms with Crippen LogP contribution in [-0.2, 0) is 10.0 Å². The van der Waals surface area contributed by atoms with Crippen LogP contribution in [0.4, 0.5) is 0 Å². The Labute approximate surface area is 152 Å². The van der Waals surface area contributed by atoms with Gasteiger partial charge in [0.05, 0.1) is 16.0 Å². The average molecular weight is 370 g/mol. The molecule has 3 rings (SSSR count). The molecule has 0 N–H and O–H groups in total. The molecule has 1 aliphatic heterocycles. The van der Waals surface area contributed by atoms with Crippen molar-refractivity contribution in [1.29, 1.82) is 5.26 Å². The van der Waals surface area contributed by atoms with Gasteiger partial charge in [-0.2, -0.15) is 9.57 Å². The van der Waals surface area contributed by atoms with Crippen molar-refractivity contribution in [2.45, 2.75) is 24.2 Å². The second-order valence-corrected chi connectivity index (χ2v) is 7.92. The molecule has 0 aliphatic carbocycles. The number of benzene rings is 2. The number of hydrogen-bond donors (Lipinski definition) is 0. The number of nitrogens with zero attached hydrogens (tertiary/aromatic N) is 2. The van der Waals surface area contributed by atoms with Gasteiger partial charge in [0.25, 0.3) is 0 Å². The Morgan fingerprint density at radius 2 is 1.65 bits per heavy atom. The lowest BCUT2D eigenvalue weighted by Gasteiger charge is -2.25. The monoisotopic (exact) mass is 370 g/mol. The highest BCUT2D eigenvalue weighted by molar-refractivity contribution is 7.89. The van der Waals surface area contributed by atoms with Crippen LogP contribution in [0.1, 0.15) is 35.2 Å². The summed E-state index contributed by atoms with van der Waals surface area (Å²) in [4.78, 5) is 12.4. The molecule has 134 valence electrons. The number of sulfonamides is 1. The summed E-state index contributed by atoms with van der Waals surface area (Å²) in [5.74, 6) is -0.473. The number of hydrogen-bond acceptors (Lipinski definition) is 5. The predicted octanol–water partition coefficient (Wildman–Crippen LogP) is 2.95. The molecule has 0 bridgehead atoms. The van der Waals surface area contributed by atoms with Gasteiger partial charge in [-0.25, -0.2) is 13.2 Å². The van der Waals surface area contributed by atoms with Gasteiger partial charge in [-0.3, -0.25) is 0 Å². The topological polar surface area (TPSA) is 87.5 Å². The lowest BCUT2D eigenvalue weighted by Crippen LogP contribution is -2.35. The molecule has 0 spiro atoms. The van der Waals surface area contributed by atoms with Crippen LogP contribution in [0.15, 0.2) is 53.4 Å². The predicted molar refractivity (Wildman–Crippen MR) is 95.2 cm³/mol. The molecule has 1 fully saturated rings. The highest BCUT2D eigenvalue weighted by Gasteiger charge is 2.26. The molecule has 0 amide bonds. The number of rotatable bonds is 4. The van der Waals surface area contributed by atoms with Gasteiger partial charge in [-0.1, -0.05) is 18.6 Å². The van der Waals surface area contributed by atoms with E-state index >= 15 is 0 Å². The molecule has 1 saturated heterocycles. The first-order chi connectivity index (χ1) is 12.5. The highest BCUT2D eigenvalue weighted by Crippen LogP contribution is 2.22. The SMILES string of the molecule is N#Cc1ccccc1OC(=O)c1ccc(S(=O)(=O)N2CCCCC2)cc1. The lowest BCUT2D eigenvalue weighted by molar-refractivity contribution is 0.0734. The van der Waals surface area contributed by atoms with E-state index in [1.807, 2.05) is 6.07 Å². The fourth-order valence-corrected chi connectivity index (χ4v) is 4.34. The summed E-state index contributed by atoms with van der Waals surface area (Å²) in [5.41, 5.74) is 0.473. The Morgan fingerprint density at radius 3 is 2.31 bits per heavy atom. The molecule has 26 heavy (non-hydrogen) atoms. The van der Waals surface area contributed by atoms with Crippen LogP contribution in [0.25, 0.3) is 0 Å². The fourth-order valence-electron chi connectivity index (χ4n) is 2.82. The van der Waals surface area contributed by atoms with Crippen molar-refractivity contribution in [2.75, 3.05) is 13.1 Å². The molecule has 7 heteroatoms. The van der Waals surface area contributed by atoms with E-state index in [-0.39, 0.29) is 21.8 Å². The Balaban J connectivity index is 1.77. The Bertz CT molecular complexity index is 940. The van der Waals surface area contributed by atoms with Crippen molar-refractivity contribution in [3.8, 4) is 11.8 Å². The lowest BCUT2D eigenvalue weighted by atomic mass is 10.2. The average Bonchev–Trinajstić information content (AvgIpc) is 2.69. The zero-order chi connectivity index (χ0) is 18.6. The minimum atomic E-state index is -3.54. The Morgan fingerprint density at radius 1 is 1.00 bits per heavy atom. The molecule has 1 heterocycles. The fraction of sp³-hybridized carbons (Fsp3) is 0.263. The maximum absolute atomic E-state index is 12.6. The smallest absolute Gasteiger partial charge is 0.343 e. The second kappa shape index (κ2) is 7.68. The van der Waals surface area contributed by atoms with Crippen molar-refractivity contribution in [3.05, 3.63) is 59.7 Å². The molecule has 0 unspecified atom stereocenters. The summed E-state index contributed by atoms with van der Waals surface area (Å²) >= 11 is 0. The first kappa shape index (κ1) is 18.1. The van der Waals surface area contributed by atoms with E-state index in [1.165, 1.54) is 34.6 Å². The van der Waals surface area contributed by atoms with E-state index in [9.17, 15) is 13.2 Å². The summed E-state index contributed by atoms with van der Waals surface area (Å²) in [7, 11) is -3.54. The van der Waals surface area contributed by atoms with Crippen LogP contribution in [-0.4, -0.2) is 31.8 Å². The summed E-state index contributed by atoms with van der Waals surface area (Å²) in [5, 5.41) is 9.04. The number of carbonyl (C=O) groups excluding carboxylic acids is 1. The molecule has 1 aliphatic rings. The normalized spacial score (nSPS) is 15.2. The van der Waals surface area contributed by atoms with Crippen LogP contribution in [0.2, 0.25) is 0 Å². The number of para-hydroxylation sites is 1. The van der Waals surface area contributed by atoms with Crippen molar-refractivity contribution in [3.63, 3.8) is 0 Å². The molecular weight excluding hydrogens is 352 g/mol. The van der Waals surface area contributed by atoms with Gasteiger partial charge in [0, 0.05) is 13.1 Å². The van der Waals surface area contributed by atoms with Gasteiger partial charge in [0.1, 0.15) is 11.8 Å². The Hall–Kier alpha value is -2.69. The molecule has 0 atom stereocenters. The van der Waals surface area contributed by atoms with Gasteiger partial charge in [-0.05, 0) is 49.2 Å². The number of piperidine rings is 1. The van der Waals surface area contributed by atoms with E-state index in [0.717, 1.165) is 19.3 Å². The number of esters is 1. The molecular formula is C19H18N2O4S. The minimum Gasteiger partial charge on any atom is -0.422 e. The summed E-state index contributed by atoms with van der Waals surface area (Å²) in [6, 6.07) is 14.1. The van der Waals surface area contributed by atoms with E-state index in [0.29, 0.717) is 13.1 Å². The van der Waals surface area contributed by atoms with Gasteiger partial charge in [0.15, 0.2) is 0 Å². The van der Waals surface area contributed by atoms with Gasteiger partial charge in [-0.15, -0.1) is 0 Å². The van der Waals surface area contributed by atoms with Crippen LogP contribution in [0, 0.1) is 11.3 Å². The molecule has 0 saturated carbocycles. The standard InChI is InChI=1S/C19H18N2O4S/c20-14-16-6-2-3-7-18(16)25-19(22)15-8-10-17(11-9-15)26(23,24)21-12-4-1-5-13-21/h2-3,6-11H,1,4-5,12-13H2.